The standard InChI is InChI=1S/C15H17NOS/c1-17-12-5-2-4-11(10-12)16-14-6-3-7-15-13(14)8-9-18-15/h2,4-5,8-10,14,16H,3,6-7H2,1H3. The molecule has 1 heterocycles. The monoisotopic (exact) mass is 259 g/mol. The molecular formula is C15H17NOS. The van der Waals surface area contributed by atoms with Crippen molar-refractivity contribution in [2.45, 2.75) is 25.3 Å². The van der Waals surface area contributed by atoms with Gasteiger partial charge in [0.2, 0.25) is 0 Å². The minimum absolute atomic E-state index is 0.451. The van der Waals surface area contributed by atoms with Gasteiger partial charge in [0.1, 0.15) is 5.75 Å². The number of nitrogens with one attached hydrogen (secondary N) is 1. The largest absolute Gasteiger partial charge is 0.497 e. The van der Waals surface area contributed by atoms with Gasteiger partial charge in [-0.2, -0.15) is 0 Å². The van der Waals surface area contributed by atoms with E-state index in [0.29, 0.717) is 6.04 Å². The number of ether oxygens (including phenoxy) is 1. The number of thiophene rings is 1. The van der Waals surface area contributed by atoms with E-state index in [1.807, 2.05) is 23.5 Å². The molecule has 0 spiro atoms. The molecule has 2 nitrogen and oxygen atoms in total. The Balaban J connectivity index is 1.81. The normalized spacial score (nSPS) is 18.2. The van der Waals surface area contributed by atoms with E-state index in [0.717, 1.165) is 11.4 Å². The predicted molar refractivity (Wildman–Crippen MR) is 76.6 cm³/mol. The van der Waals surface area contributed by atoms with Crippen molar-refractivity contribution in [3.05, 3.63) is 46.2 Å². The third-order valence-electron chi connectivity index (χ3n) is 3.46. The highest BCUT2D eigenvalue weighted by atomic mass is 32.1. The van der Waals surface area contributed by atoms with Gasteiger partial charge in [-0.25, -0.2) is 0 Å². The molecule has 1 atom stereocenters. The highest BCUT2D eigenvalue weighted by Crippen LogP contribution is 2.35. The summed E-state index contributed by atoms with van der Waals surface area (Å²) in [5.41, 5.74) is 2.62. The van der Waals surface area contributed by atoms with Crippen LogP contribution in [0.5, 0.6) is 5.75 Å². The van der Waals surface area contributed by atoms with Crippen LogP contribution < -0.4 is 10.1 Å². The maximum absolute atomic E-state index is 5.26. The van der Waals surface area contributed by atoms with Gasteiger partial charge >= 0.3 is 0 Å². The Morgan fingerprint density at radius 2 is 2.28 bits per heavy atom. The zero-order valence-corrected chi connectivity index (χ0v) is 11.3. The summed E-state index contributed by atoms with van der Waals surface area (Å²) in [5.74, 6) is 0.904. The van der Waals surface area contributed by atoms with Crippen molar-refractivity contribution in [1.82, 2.24) is 0 Å². The molecule has 0 saturated heterocycles. The fraction of sp³-hybridized carbons (Fsp3) is 0.333. The molecule has 0 bridgehead atoms. The molecule has 0 amide bonds. The zero-order chi connectivity index (χ0) is 12.4. The summed E-state index contributed by atoms with van der Waals surface area (Å²) in [6, 6.07) is 10.9. The van der Waals surface area contributed by atoms with E-state index in [-0.39, 0.29) is 0 Å². The summed E-state index contributed by atoms with van der Waals surface area (Å²) in [4.78, 5) is 1.54. The molecule has 0 fully saturated rings. The summed E-state index contributed by atoms with van der Waals surface area (Å²) in [6.07, 6.45) is 3.72. The predicted octanol–water partition coefficient (Wildman–Crippen LogP) is 4.25. The SMILES string of the molecule is COc1cccc(NC2CCCc3sccc32)c1. The van der Waals surface area contributed by atoms with Crippen LogP contribution in [0, 0.1) is 0 Å². The highest BCUT2D eigenvalue weighted by Gasteiger charge is 2.20. The molecule has 2 aromatic rings. The quantitative estimate of drug-likeness (QED) is 0.890. The van der Waals surface area contributed by atoms with Crippen LogP contribution >= 0.6 is 11.3 Å². The molecule has 3 heteroatoms. The summed E-state index contributed by atoms with van der Waals surface area (Å²) >= 11 is 1.88. The average molecular weight is 259 g/mol. The lowest BCUT2D eigenvalue weighted by atomic mass is 9.94. The van der Waals surface area contributed by atoms with Crippen molar-refractivity contribution < 1.29 is 4.74 Å². The van der Waals surface area contributed by atoms with Crippen molar-refractivity contribution in [2.75, 3.05) is 12.4 Å². The summed E-state index contributed by atoms with van der Waals surface area (Å²) in [7, 11) is 1.71. The molecule has 1 aliphatic rings. The number of fused-ring (bicyclic) bond motifs is 1. The van der Waals surface area contributed by atoms with E-state index in [9.17, 15) is 0 Å². The van der Waals surface area contributed by atoms with Gasteiger partial charge < -0.3 is 10.1 Å². The Morgan fingerprint density at radius 3 is 3.17 bits per heavy atom. The summed E-state index contributed by atoms with van der Waals surface area (Å²) in [5, 5.41) is 5.83. The van der Waals surface area contributed by atoms with Crippen molar-refractivity contribution >= 4 is 17.0 Å². The molecule has 18 heavy (non-hydrogen) atoms. The summed E-state index contributed by atoms with van der Waals surface area (Å²) < 4.78 is 5.26. The minimum Gasteiger partial charge on any atom is -0.497 e. The van der Waals surface area contributed by atoms with Crippen LogP contribution in [0.4, 0.5) is 5.69 Å². The smallest absolute Gasteiger partial charge is 0.120 e. The van der Waals surface area contributed by atoms with E-state index in [4.69, 9.17) is 4.74 Å². The first-order chi connectivity index (χ1) is 8.86. The van der Waals surface area contributed by atoms with Crippen molar-refractivity contribution in [3.63, 3.8) is 0 Å². The number of aryl methyl sites for hydroxylation is 1. The fourth-order valence-corrected chi connectivity index (χ4v) is 3.54. The highest BCUT2D eigenvalue weighted by molar-refractivity contribution is 7.10. The van der Waals surface area contributed by atoms with Gasteiger partial charge in [-0.3, -0.25) is 0 Å². The zero-order valence-electron chi connectivity index (χ0n) is 10.5. The Bertz CT molecular complexity index is 535. The van der Waals surface area contributed by atoms with E-state index in [1.54, 1.807) is 12.0 Å². The molecule has 0 saturated carbocycles. The number of hydrogen-bond acceptors (Lipinski definition) is 3. The second-order valence-electron chi connectivity index (χ2n) is 4.62. The Kier molecular flexibility index (Phi) is 3.24. The first kappa shape index (κ1) is 11.6. The molecular weight excluding hydrogens is 242 g/mol. The number of hydrogen-bond donors (Lipinski definition) is 1. The second-order valence-corrected chi connectivity index (χ2v) is 5.62. The molecule has 1 aromatic carbocycles. The minimum atomic E-state index is 0.451. The molecule has 94 valence electrons. The molecule has 1 aliphatic carbocycles. The molecule has 0 aliphatic heterocycles. The van der Waals surface area contributed by atoms with E-state index < -0.39 is 0 Å². The van der Waals surface area contributed by atoms with E-state index >= 15 is 0 Å². The van der Waals surface area contributed by atoms with Crippen LogP contribution in [-0.4, -0.2) is 7.11 Å². The maximum atomic E-state index is 5.26. The fourth-order valence-electron chi connectivity index (χ4n) is 2.55. The van der Waals surface area contributed by atoms with Crippen LogP contribution in [0.2, 0.25) is 0 Å². The third kappa shape index (κ3) is 2.23. The van der Waals surface area contributed by atoms with Crippen LogP contribution in [0.25, 0.3) is 0 Å². The third-order valence-corrected chi connectivity index (χ3v) is 4.46. The average Bonchev–Trinajstić information content (AvgIpc) is 2.88. The second kappa shape index (κ2) is 5.02. The van der Waals surface area contributed by atoms with Gasteiger partial charge in [0, 0.05) is 16.6 Å². The summed E-state index contributed by atoms with van der Waals surface area (Å²) in [6.45, 7) is 0. The topological polar surface area (TPSA) is 21.3 Å². The van der Waals surface area contributed by atoms with E-state index in [2.05, 4.69) is 28.9 Å². The van der Waals surface area contributed by atoms with Crippen LogP contribution in [0.1, 0.15) is 29.3 Å². The molecule has 0 radical (unpaired) electrons. The van der Waals surface area contributed by atoms with Gasteiger partial charge in [0.25, 0.3) is 0 Å². The first-order valence-electron chi connectivity index (χ1n) is 6.33. The van der Waals surface area contributed by atoms with Gasteiger partial charge in [-0.15, -0.1) is 11.3 Å². The van der Waals surface area contributed by atoms with Crippen LogP contribution in [-0.2, 0) is 6.42 Å². The number of anilines is 1. The maximum Gasteiger partial charge on any atom is 0.120 e. The Labute approximate surface area is 112 Å². The van der Waals surface area contributed by atoms with Crippen molar-refractivity contribution in [3.8, 4) is 5.75 Å². The van der Waals surface area contributed by atoms with Crippen LogP contribution in [0.3, 0.4) is 0 Å². The van der Waals surface area contributed by atoms with Gasteiger partial charge in [-0.05, 0) is 48.4 Å². The van der Waals surface area contributed by atoms with Crippen molar-refractivity contribution in [2.24, 2.45) is 0 Å². The molecule has 1 unspecified atom stereocenters. The first-order valence-corrected chi connectivity index (χ1v) is 7.21. The molecule has 3 rings (SSSR count). The lowest BCUT2D eigenvalue weighted by molar-refractivity contribution is 0.415. The Hall–Kier alpha value is -1.48. The van der Waals surface area contributed by atoms with E-state index in [1.165, 1.54) is 24.8 Å². The lowest BCUT2D eigenvalue weighted by Gasteiger charge is -2.24. The van der Waals surface area contributed by atoms with Crippen LogP contribution in [0.15, 0.2) is 35.7 Å². The molecule has 1 aromatic heterocycles. The van der Waals surface area contributed by atoms with Gasteiger partial charge in [0.15, 0.2) is 0 Å². The Morgan fingerprint density at radius 1 is 1.33 bits per heavy atom. The van der Waals surface area contributed by atoms with Gasteiger partial charge in [0.05, 0.1) is 13.2 Å². The van der Waals surface area contributed by atoms with Gasteiger partial charge in [-0.1, -0.05) is 6.07 Å². The number of methoxy groups -OCH3 is 1. The number of rotatable bonds is 3. The number of benzene rings is 1. The molecule has 1 N–H and O–H groups in total. The lowest BCUT2D eigenvalue weighted by Crippen LogP contribution is -2.15. The van der Waals surface area contributed by atoms with Crippen molar-refractivity contribution in [1.29, 1.82) is 0 Å².